The molecule has 0 spiro atoms. The summed E-state index contributed by atoms with van der Waals surface area (Å²) in [5, 5.41) is 0. The Hall–Kier alpha value is -2.25. The molecule has 1 unspecified atom stereocenters. The Balaban J connectivity index is 2.38. The average molecular weight is 317 g/mol. The first-order valence-electron chi connectivity index (χ1n) is 6.41. The highest BCUT2D eigenvalue weighted by Crippen LogP contribution is 2.38. The molecule has 1 aliphatic rings. The van der Waals surface area contributed by atoms with Crippen molar-refractivity contribution in [1.29, 1.82) is 0 Å². The van der Waals surface area contributed by atoms with Crippen LogP contribution in [-0.4, -0.2) is 32.6 Å². The Kier molecular flexibility index (Phi) is 4.30. The molecule has 0 aliphatic carbocycles. The van der Waals surface area contributed by atoms with Crippen molar-refractivity contribution in [1.82, 2.24) is 0 Å². The van der Waals surface area contributed by atoms with Gasteiger partial charge in [0.15, 0.2) is 0 Å². The molecule has 1 saturated heterocycles. The van der Waals surface area contributed by atoms with E-state index in [-0.39, 0.29) is 24.4 Å². The van der Waals surface area contributed by atoms with E-state index in [0.717, 1.165) is 23.1 Å². The predicted octanol–water partition coefficient (Wildman–Crippen LogP) is 2.24. The number of carbonyl (C=O) groups excluding carboxylic acids is 2. The smallest absolute Gasteiger partial charge is 0.416 e. The van der Waals surface area contributed by atoms with E-state index < -0.39 is 29.5 Å². The minimum absolute atomic E-state index is 0.00581. The van der Waals surface area contributed by atoms with Gasteiger partial charge in [0.1, 0.15) is 5.75 Å². The van der Waals surface area contributed by atoms with Crippen LogP contribution >= 0.6 is 0 Å². The molecule has 0 N–H and O–H groups in total. The zero-order chi connectivity index (χ0) is 16.5. The van der Waals surface area contributed by atoms with Gasteiger partial charge >= 0.3 is 12.1 Å². The molecule has 0 aromatic heterocycles. The van der Waals surface area contributed by atoms with E-state index in [1.807, 2.05) is 0 Å². The van der Waals surface area contributed by atoms with E-state index in [9.17, 15) is 22.8 Å². The molecule has 2 rings (SSSR count). The Bertz CT molecular complexity index is 600. The molecular weight excluding hydrogens is 303 g/mol. The van der Waals surface area contributed by atoms with E-state index >= 15 is 0 Å². The molecule has 0 radical (unpaired) electrons. The van der Waals surface area contributed by atoms with Gasteiger partial charge in [0.25, 0.3) is 0 Å². The van der Waals surface area contributed by atoms with Crippen molar-refractivity contribution in [2.75, 3.05) is 25.7 Å². The lowest BCUT2D eigenvalue weighted by Gasteiger charge is -2.21. The van der Waals surface area contributed by atoms with Crippen LogP contribution < -0.4 is 9.64 Å². The molecule has 0 saturated carbocycles. The summed E-state index contributed by atoms with van der Waals surface area (Å²) < 4.78 is 48.1. The lowest BCUT2D eigenvalue weighted by atomic mass is 10.1. The first-order chi connectivity index (χ1) is 10.3. The molecule has 22 heavy (non-hydrogen) atoms. The van der Waals surface area contributed by atoms with Gasteiger partial charge in [0.05, 0.1) is 31.4 Å². The lowest BCUT2D eigenvalue weighted by molar-refractivity contribution is -0.145. The molecule has 1 heterocycles. The summed E-state index contributed by atoms with van der Waals surface area (Å²) in [6, 6.07) is 2.87. The number of benzene rings is 1. The van der Waals surface area contributed by atoms with Crippen molar-refractivity contribution in [2.24, 2.45) is 5.92 Å². The fourth-order valence-electron chi connectivity index (χ4n) is 2.34. The number of esters is 1. The van der Waals surface area contributed by atoms with Crippen molar-refractivity contribution in [3.05, 3.63) is 23.8 Å². The predicted molar refractivity (Wildman–Crippen MR) is 70.5 cm³/mol. The van der Waals surface area contributed by atoms with Crippen LogP contribution in [0.4, 0.5) is 18.9 Å². The first-order valence-corrected chi connectivity index (χ1v) is 6.41. The standard InChI is InChI=1S/C14H14F3NO4/c1-21-11-4-3-9(14(15,16)17)6-10(11)18-7-8(5-12(18)19)13(20)22-2/h3-4,6,8H,5,7H2,1-2H3. The minimum Gasteiger partial charge on any atom is -0.495 e. The summed E-state index contributed by atoms with van der Waals surface area (Å²) in [5.74, 6) is -1.58. The zero-order valence-electron chi connectivity index (χ0n) is 11.9. The van der Waals surface area contributed by atoms with E-state index in [4.69, 9.17) is 4.74 Å². The SMILES string of the molecule is COC(=O)C1CC(=O)N(c2cc(C(F)(F)F)ccc2OC)C1. The molecule has 1 amide bonds. The van der Waals surface area contributed by atoms with Gasteiger partial charge < -0.3 is 14.4 Å². The van der Waals surface area contributed by atoms with E-state index in [1.54, 1.807) is 0 Å². The molecular formula is C14H14F3NO4. The fraction of sp³-hybridized carbons (Fsp3) is 0.429. The lowest BCUT2D eigenvalue weighted by Crippen LogP contribution is -2.27. The highest BCUT2D eigenvalue weighted by molar-refractivity contribution is 6.00. The van der Waals surface area contributed by atoms with Gasteiger partial charge in [0.2, 0.25) is 5.91 Å². The molecule has 120 valence electrons. The zero-order valence-corrected chi connectivity index (χ0v) is 11.9. The van der Waals surface area contributed by atoms with Crippen molar-refractivity contribution in [3.8, 4) is 5.75 Å². The minimum atomic E-state index is -4.54. The number of carbonyl (C=O) groups is 2. The number of halogens is 3. The van der Waals surface area contributed by atoms with Gasteiger partial charge in [0, 0.05) is 13.0 Å². The van der Waals surface area contributed by atoms with Gasteiger partial charge in [-0.15, -0.1) is 0 Å². The van der Waals surface area contributed by atoms with Gasteiger partial charge in [-0.25, -0.2) is 0 Å². The number of nitrogens with zero attached hydrogens (tertiary/aromatic N) is 1. The van der Waals surface area contributed by atoms with Crippen LogP contribution in [0.1, 0.15) is 12.0 Å². The Morgan fingerprint density at radius 2 is 2.00 bits per heavy atom. The topological polar surface area (TPSA) is 55.8 Å². The van der Waals surface area contributed by atoms with Crippen LogP contribution in [0.3, 0.4) is 0 Å². The van der Waals surface area contributed by atoms with Crippen molar-refractivity contribution in [3.63, 3.8) is 0 Å². The van der Waals surface area contributed by atoms with Crippen molar-refractivity contribution < 1.29 is 32.2 Å². The Labute approximate surface area is 124 Å². The Morgan fingerprint density at radius 3 is 2.55 bits per heavy atom. The van der Waals surface area contributed by atoms with Gasteiger partial charge in [-0.2, -0.15) is 13.2 Å². The average Bonchev–Trinajstić information content (AvgIpc) is 2.86. The molecule has 8 heteroatoms. The summed E-state index contributed by atoms with van der Waals surface area (Å²) in [5.41, 5.74) is -0.897. The molecule has 1 aromatic rings. The number of methoxy groups -OCH3 is 2. The number of alkyl halides is 3. The normalized spacial score (nSPS) is 18.5. The number of hydrogen-bond donors (Lipinski definition) is 0. The van der Waals surface area contributed by atoms with Crippen molar-refractivity contribution in [2.45, 2.75) is 12.6 Å². The summed E-state index contributed by atoms with van der Waals surface area (Å²) in [7, 11) is 2.49. The summed E-state index contributed by atoms with van der Waals surface area (Å²) in [6.45, 7) is -0.0385. The van der Waals surface area contributed by atoms with Gasteiger partial charge in [-0.1, -0.05) is 0 Å². The molecule has 5 nitrogen and oxygen atoms in total. The fourth-order valence-corrected chi connectivity index (χ4v) is 2.34. The third-order valence-corrected chi connectivity index (χ3v) is 3.46. The molecule has 1 aromatic carbocycles. The maximum atomic E-state index is 12.8. The van der Waals surface area contributed by atoms with Crippen LogP contribution in [0, 0.1) is 5.92 Å². The van der Waals surface area contributed by atoms with Crippen LogP contribution in [0.2, 0.25) is 0 Å². The summed E-state index contributed by atoms with van der Waals surface area (Å²) in [4.78, 5) is 24.6. The van der Waals surface area contributed by atoms with E-state index in [2.05, 4.69) is 4.74 Å². The molecule has 1 aliphatic heterocycles. The third kappa shape index (κ3) is 3.00. The molecule has 1 atom stereocenters. The van der Waals surface area contributed by atoms with Crippen LogP contribution in [-0.2, 0) is 20.5 Å². The van der Waals surface area contributed by atoms with Gasteiger partial charge in [-0.05, 0) is 18.2 Å². The van der Waals surface area contributed by atoms with E-state index in [0.29, 0.717) is 0 Å². The number of amides is 1. The molecule has 0 bridgehead atoms. The van der Waals surface area contributed by atoms with Crippen LogP contribution in [0.25, 0.3) is 0 Å². The maximum absolute atomic E-state index is 12.8. The maximum Gasteiger partial charge on any atom is 0.416 e. The quantitative estimate of drug-likeness (QED) is 0.802. The van der Waals surface area contributed by atoms with Crippen LogP contribution in [0.5, 0.6) is 5.75 Å². The first kappa shape index (κ1) is 16.1. The number of hydrogen-bond acceptors (Lipinski definition) is 4. The highest BCUT2D eigenvalue weighted by Gasteiger charge is 2.38. The highest BCUT2D eigenvalue weighted by atomic mass is 19.4. The number of ether oxygens (including phenoxy) is 2. The largest absolute Gasteiger partial charge is 0.495 e. The Morgan fingerprint density at radius 1 is 1.32 bits per heavy atom. The van der Waals surface area contributed by atoms with Crippen molar-refractivity contribution >= 4 is 17.6 Å². The van der Waals surface area contributed by atoms with Crippen LogP contribution in [0.15, 0.2) is 18.2 Å². The molecule has 1 fully saturated rings. The second-order valence-corrected chi connectivity index (χ2v) is 4.81. The van der Waals surface area contributed by atoms with E-state index in [1.165, 1.54) is 14.2 Å². The summed E-state index contributed by atoms with van der Waals surface area (Å²) in [6.07, 6.45) is -4.64. The third-order valence-electron chi connectivity index (χ3n) is 3.46. The second-order valence-electron chi connectivity index (χ2n) is 4.81. The summed E-state index contributed by atoms with van der Waals surface area (Å²) >= 11 is 0. The monoisotopic (exact) mass is 317 g/mol. The number of rotatable bonds is 3. The number of anilines is 1. The van der Waals surface area contributed by atoms with Gasteiger partial charge in [-0.3, -0.25) is 9.59 Å². The second kappa shape index (κ2) is 5.86.